The number of pyridine rings is 1. The van der Waals surface area contributed by atoms with Crippen LogP contribution in [0.5, 0.6) is 11.5 Å². The summed E-state index contributed by atoms with van der Waals surface area (Å²) in [6.45, 7) is 0.145. The lowest BCUT2D eigenvalue weighted by Crippen LogP contribution is -2.10. The SMILES string of the molecule is COc1cc(C#N)cc(OCc2nc(NN)ccc2Cl)c1. The first-order valence-corrected chi connectivity index (χ1v) is 6.38. The molecule has 0 spiro atoms. The highest BCUT2D eigenvalue weighted by atomic mass is 35.5. The van der Waals surface area contributed by atoms with Crippen LogP contribution >= 0.6 is 11.6 Å². The first kappa shape index (κ1) is 14.9. The second-order valence-corrected chi connectivity index (χ2v) is 4.47. The number of ether oxygens (including phenoxy) is 2. The largest absolute Gasteiger partial charge is 0.497 e. The normalized spacial score (nSPS) is 9.81. The minimum Gasteiger partial charge on any atom is -0.497 e. The van der Waals surface area contributed by atoms with Crippen LogP contribution in [0.1, 0.15) is 11.3 Å². The first-order chi connectivity index (χ1) is 10.2. The topological polar surface area (TPSA) is 93.2 Å². The van der Waals surface area contributed by atoms with Crippen molar-refractivity contribution >= 4 is 17.4 Å². The highest BCUT2D eigenvalue weighted by molar-refractivity contribution is 6.31. The van der Waals surface area contributed by atoms with Crippen LogP contribution in [-0.4, -0.2) is 12.1 Å². The van der Waals surface area contributed by atoms with E-state index in [0.717, 1.165) is 0 Å². The van der Waals surface area contributed by atoms with Gasteiger partial charge in [0, 0.05) is 6.07 Å². The molecular formula is C14H13ClN4O2. The summed E-state index contributed by atoms with van der Waals surface area (Å²) in [6.07, 6.45) is 0. The van der Waals surface area contributed by atoms with Crippen molar-refractivity contribution in [1.29, 1.82) is 5.26 Å². The predicted octanol–water partition coefficient (Wildman–Crippen LogP) is 2.48. The molecule has 1 aromatic heterocycles. The zero-order valence-corrected chi connectivity index (χ0v) is 12.0. The fourth-order valence-electron chi connectivity index (χ4n) is 1.66. The minimum atomic E-state index is 0.145. The molecule has 0 bridgehead atoms. The first-order valence-electron chi connectivity index (χ1n) is 6.00. The number of hydrazine groups is 1. The number of hydrogen-bond acceptors (Lipinski definition) is 6. The Labute approximate surface area is 127 Å². The Kier molecular flexibility index (Phi) is 4.82. The molecule has 2 aromatic rings. The van der Waals surface area contributed by atoms with Crippen LogP contribution < -0.4 is 20.7 Å². The molecule has 7 heteroatoms. The lowest BCUT2D eigenvalue weighted by atomic mass is 10.2. The van der Waals surface area contributed by atoms with Gasteiger partial charge >= 0.3 is 0 Å². The lowest BCUT2D eigenvalue weighted by Gasteiger charge is -2.10. The number of rotatable bonds is 5. The van der Waals surface area contributed by atoms with Gasteiger partial charge in [0.25, 0.3) is 0 Å². The van der Waals surface area contributed by atoms with E-state index in [1.807, 2.05) is 6.07 Å². The molecule has 0 unspecified atom stereocenters. The van der Waals surface area contributed by atoms with Gasteiger partial charge in [-0.3, -0.25) is 0 Å². The molecule has 0 fully saturated rings. The van der Waals surface area contributed by atoms with E-state index in [0.29, 0.717) is 33.6 Å². The molecule has 6 nitrogen and oxygen atoms in total. The number of anilines is 1. The number of methoxy groups -OCH3 is 1. The van der Waals surface area contributed by atoms with Crippen LogP contribution in [0.15, 0.2) is 30.3 Å². The van der Waals surface area contributed by atoms with Gasteiger partial charge in [0.15, 0.2) is 0 Å². The molecule has 0 aliphatic heterocycles. The molecule has 0 amide bonds. The van der Waals surface area contributed by atoms with Gasteiger partial charge in [-0.2, -0.15) is 5.26 Å². The average molecular weight is 305 g/mol. The van der Waals surface area contributed by atoms with Crippen LogP contribution in [0, 0.1) is 11.3 Å². The fourth-order valence-corrected chi connectivity index (χ4v) is 1.81. The quantitative estimate of drug-likeness (QED) is 0.651. The van der Waals surface area contributed by atoms with Gasteiger partial charge in [0.2, 0.25) is 0 Å². The molecule has 1 aromatic carbocycles. The van der Waals surface area contributed by atoms with Gasteiger partial charge in [0.1, 0.15) is 23.9 Å². The Morgan fingerprint density at radius 3 is 2.76 bits per heavy atom. The van der Waals surface area contributed by atoms with Gasteiger partial charge in [0.05, 0.1) is 29.5 Å². The van der Waals surface area contributed by atoms with Gasteiger partial charge in [-0.15, -0.1) is 0 Å². The summed E-state index contributed by atoms with van der Waals surface area (Å²) in [5, 5.41) is 9.43. The molecular weight excluding hydrogens is 292 g/mol. The molecule has 0 radical (unpaired) electrons. The summed E-state index contributed by atoms with van der Waals surface area (Å²) >= 11 is 6.05. The van der Waals surface area contributed by atoms with Crippen molar-refractivity contribution in [3.8, 4) is 17.6 Å². The minimum absolute atomic E-state index is 0.145. The van der Waals surface area contributed by atoms with E-state index in [9.17, 15) is 0 Å². The molecule has 21 heavy (non-hydrogen) atoms. The zero-order chi connectivity index (χ0) is 15.2. The summed E-state index contributed by atoms with van der Waals surface area (Å²) in [6, 6.07) is 10.3. The molecule has 2 rings (SSSR count). The Morgan fingerprint density at radius 2 is 2.10 bits per heavy atom. The molecule has 0 aliphatic carbocycles. The summed E-state index contributed by atoms with van der Waals surface area (Å²) in [4.78, 5) is 4.20. The van der Waals surface area contributed by atoms with Gasteiger partial charge in [-0.1, -0.05) is 11.6 Å². The number of nitrogens with zero attached hydrogens (tertiary/aromatic N) is 2. The number of hydrogen-bond donors (Lipinski definition) is 2. The number of halogens is 1. The Bertz CT molecular complexity index is 685. The maximum absolute atomic E-state index is 8.96. The maximum atomic E-state index is 8.96. The highest BCUT2D eigenvalue weighted by Gasteiger charge is 2.07. The summed E-state index contributed by atoms with van der Waals surface area (Å²) < 4.78 is 10.7. The molecule has 0 aliphatic rings. The van der Waals surface area contributed by atoms with Crippen molar-refractivity contribution in [2.75, 3.05) is 12.5 Å². The third-order valence-corrected chi connectivity index (χ3v) is 3.03. The van der Waals surface area contributed by atoms with Crippen LogP contribution in [0.2, 0.25) is 5.02 Å². The third-order valence-electron chi connectivity index (χ3n) is 2.69. The number of benzene rings is 1. The van der Waals surface area contributed by atoms with Gasteiger partial charge in [-0.05, 0) is 24.3 Å². The molecule has 0 atom stereocenters. The summed E-state index contributed by atoms with van der Waals surface area (Å²) in [5.74, 6) is 6.83. The van der Waals surface area contributed by atoms with E-state index in [2.05, 4.69) is 10.4 Å². The molecule has 108 valence electrons. The molecule has 0 saturated heterocycles. The predicted molar refractivity (Wildman–Crippen MR) is 79.1 cm³/mol. The molecule has 3 N–H and O–H groups in total. The number of nitriles is 1. The van der Waals surface area contributed by atoms with Crippen LogP contribution in [0.4, 0.5) is 5.82 Å². The van der Waals surface area contributed by atoms with E-state index >= 15 is 0 Å². The number of nitrogens with one attached hydrogen (secondary N) is 1. The standard InChI is InChI=1S/C14H13ClN4O2/c1-20-10-4-9(7-16)5-11(6-10)21-8-13-12(15)2-3-14(18-13)19-17/h2-6H,8,17H2,1H3,(H,18,19). The van der Waals surface area contributed by atoms with E-state index in [-0.39, 0.29) is 6.61 Å². The van der Waals surface area contributed by atoms with Gasteiger partial charge in [-0.25, -0.2) is 10.8 Å². The lowest BCUT2D eigenvalue weighted by molar-refractivity contribution is 0.299. The highest BCUT2D eigenvalue weighted by Crippen LogP contribution is 2.24. The Morgan fingerprint density at radius 1 is 1.33 bits per heavy atom. The fraction of sp³-hybridized carbons (Fsp3) is 0.143. The van der Waals surface area contributed by atoms with Crippen molar-refractivity contribution in [3.63, 3.8) is 0 Å². The Balaban J connectivity index is 2.18. The van der Waals surface area contributed by atoms with E-state index in [1.54, 1.807) is 30.3 Å². The third kappa shape index (κ3) is 3.75. The zero-order valence-electron chi connectivity index (χ0n) is 11.3. The van der Waals surface area contributed by atoms with E-state index < -0.39 is 0 Å². The number of nitrogen functional groups attached to an aromatic ring is 1. The van der Waals surface area contributed by atoms with Crippen LogP contribution in [0.3, 0.4) is 0 Å². The monoisotopic (exact) mass is 304 g/mol. The number of nitrogens with two attached hydrogens (primary N) is 1. The van der Waals surface area contributed by atoms with Crippen molar-refractivity contribution in [1.82, 2.24) is 4.98 Å². The summed E-state index contributed by atoms with van der Waals surface area (Å²) in [5.41, 5.74) is 3.42. The second kappa shape index (κ2) is 6.79. The molecule has 0 saturated carbocycles. The second-order valence-electron chi connectivity index (χ2n) is 4.07. The van der Waals surface area contributed by atoms with Crippen LogP contribution in [-0.2, 0) is 6.61 Å². The molecule has 1 heterocycles. The summed E-state index contributed by atoms with van der Waals surface area (Å²) in [7, 11) is 1.52. The van der Waals surface area contributed by atoms with Gasteiger partial charge < -0.3 is 14.9 Å². The maximum Gasteiger partial charge on any atom is 0.140 e. The van der Waals surface area contributed by atoms with Crippen molar-refractivity contribution < 1.29 is 9.47 Å². The van der Waals surface area contributed by atoms with E-state index in [4.69, 9.17) is 32.2 Å². The van der Waals surface area contributed by atoms with Crippen molar-refractivity contribution in [2.24, 2.45) is 5.84 Å². The van der Waals surface area contributed by atoms with Crippen LogP contribution in [0.25, 0.3) is 0 Å². The van der Waals surface area contributed by atoms with E-state index in [1.165, 1.54) is 7.11 Å². The smallest absolute Gasteiger partial charge is 0.140 e. The average Bonchev–Trinajstić information content (AvgIpc) is 2.53. The Hall–Kier alpha value is -2.49. The van der Waals surface area contributed by atoms with Crippen molar-refractivity contribution in [3.05, 3.63) is 46.6 Å². The van der Waals surface area contributed by atoms with Crippen molar-refractivity contribution in [2.45, 2.75) is 6.61 Å². The number of aromatic nitrogens is 1.